The summed E-state index contributed by atoms with van der Waals surface area (Å²) < 4.78 is 6.14. The van der Waals surface area contributed by atoms with Crippen molar-refractivity contribution in [2.75, 3.05) is 0 Å². The molecule has 102 valence electrons. The molecule has 0 spiro atoms. The minimum Gasteiger partial charge on any atom is -0.360 e. The number of H-pyrrole nitrogens is 1. The maximum Gasteiger partial charge on any atom is 0.209 e. The fourth-order valence-corrected chi connectivity index (χ4v) is 2.85. The van der Waals surface area contributed by atoms with Gasteiger partial charge in [-0.2, -0.15) is 0 Å². The molecule has 0 saturated heterocycles. The topological polar surface area (TPSA) is 67.6 Å². The van der Waals surface area contributed by atoms with E-state index in [0.29, 0.717) is 10.9 Å². The van der Waals surface area contributed by atoms with Crippen LogP contribution in [0.15, 0.2) is 44.5 Å². The molecule has 7 heteroatoms. The van der Waals surface area contributed by atoms with E-state index >= 15 is 0 Å². The Morgan fingerprint density at radius 1 is 1.35 bits per heavy atom. The maximum absolute atomic E-state index is 5.15. The van der Waals surface area contributed by atoms with Crippen LogP contribution in [0.5, 0.6) is 0 Å². The van der Waals surface area contributed by atoms with Gasteiger partial charge in [0.15, 0.2) is 5.82 Å². The first-order valence-electron chi connectivity index (χ1n) is 5.94. The highest BCUT2D eigenvalue weighted by atomic mass is 79.9. The Morgan fingerprint density at radius 2 is 2.20 bits per heavy atom. The van der Waals surface area contributed by atoms with Crippen molar-refractivity contribution in [2.45, 2.75) is 17.8 Å². The molecule has 3 aromatic rings. The second-order valence-corrected chi connectivity index (χ2v) is 5.97. The van der Waals surface area contributed by atoms with E-state index in [2.05, 4.69) is 36.3 Å². The summed E-state index contributed by atoms with van der Waals surface area (Å²) >= 11 is 5.01. The van der Waals surface area contributed by atoms with Gasteiger partial charge in [-0.15, -0.1) is 5.10 Å². The Bertz CT molecular complexity index is 724. The van der Waals surface area contributed by atoms with E-state index in [1.54, 1.807) is 0 Å². The Hall–Kier alpha value is -1.60. The molecule has 20 heavy (non-hydrogen) atoms. The van der Waals surface area contributed by atoms with E-state index in [0.717, 1.165) is 27.3 Å². The molecule has 0 atom stereocenters. The minimum absolute atomic E-state index is 0.661. The second kappa shape index (κ2) is 5.80. The number of nitrogens with one attached hydrogen (secondary N) is 1. The van der Waals surface area contributed by atoms with Gasteiger partial charge in [-0.1, -0.05) is 51.0 Å². The quantitative estimate of drug-likeness (QED) is 0.724. The third kappa shape index (κ3) is 2.94. The third-order valence-corrected chi connectivity index (χ3v) is 4.18. The average Bonchev–Trinajstić information content (AvgIpc) is 3.06. The van der Waals surface area contributed by atoms with Crippen LogP contribution in [0.2, 0.25) is 0 Å². The number of halogens is 1. The summed E-state index contributed by atoms with van der Waals surface area (Å²) in [7, 11) is 0. The van der Waals surface area contributed by atoms with Crippen LogP contribution in [0.25, 0.3) is 11.4 Å². The fraction of sp³-hybridized carbons (Fsp3) is 0.154. The molecule has 0 bridgehead atoms. The zero-order valence-electron chi connectivity index (χ0n) is 10.6. The summed E-state index contributed by atoms with van der Waals surface area (Å²) in [6.07, 6.45) is 0. The van der Waals surface area contributed by atoms with Gasteiger partial charge >= 0.3 is 0 Å². The molecule has 0 aliphatic rings. The average molecular weight is 351 g/mol. The van der Waals surface area contributed by atoms with Crippen molar-refractivity contribution in [2.24, 2.45) is 0 Å². The van der Waals surface area contributed by atoms with Crippen molar-refractivity contribution >= 4 is 27.7 Å². The molecule has 2 heterocycles. The van der Waals surface area contributed by atoms with Crippen LogP contribution in [0.1, 0.15) is 11.5 Å². The Kier molecular flexibility index (Phi) is 3.88. The second-order valence-electron chi connectivity index (χ2n) is 4.17. The third-order valence-electron chi connectivity index (χ3n) is 2.61. The van der Waals surface area contributed by atoms with Crippen LogP contribution in [0.4, 0.5) is 0 Å². The molecule has 1 N–H and O–H groups in total. The lowest BCUT2D eigenvalue weighted by atomic mass is 10.2. The molecular weight excluding hydrogens is 340 g/mol. The molecule has 0 fully saturated rings. The summed E-state index contributed by atoms with van der Waals surface area (Å²) in [5, 5.41) is 11.7. The highest BCUT2D eigenvalue weighted by Gasteiger charge is 2.10. The molecule has 3 rings (SSSR count). The first-order valence-corrected chi connectivity index (χ1v) is 7.72. The first kappa shape index (κ1) is 13.4. The molecular formula is C13H11BrN4OS. The molecule has 0 aliphatic heterocycles. The lowest BCUT2D eigenvalue weighted by Crippen LogP contribution is -1.82. The van der Waals surface area contributed by atoms with E-state index in [9.17, 15) is 0 Å². The smallest absolute Gasteiger partial charge is 0.209 e. The zero-order valence-corrected chi connectivity index (χ0v) is 13.0. The summed E-state index contributed by atoms with van der Waals surface area (Å²) in [4.78, 5) is 4.47. The normalized spacial score (nSPS) is 10.9. The molecule has 0 aliphatic carbocycles. The fourth-order valence-electron chi connectivity index (χ4n) is 1.70. The summed E-state index contributed by atoms with van der Waals surface area (Å²) in [6.45, 7) is 1.90. The van der Waals surface area contributed by atoms with Crippen molar-refractivity contribution in [3.8, 4) is 11.4 Å². The minimum atomic E-state index is 0.661. The van der Waals surface area contributed by atoms with Gasteiger partial charge in [0.1, 0.15) is 5.76 Å². The number of thioether (sulfide) groups is 1. The van der Waals surface area contributed by atoms with Crippen molar-refractivity contribution < 1.29 is 4.52 Å². The molecule has 0 amide bonds. The molecule has 0 radical (unpaired) electrons. The SMILES string of the molecule is Cc1cc(CSc2n[nH]c(-c3ccccc3Br)n2)on1. The van der Waals surface area contributed by atoms with Crippen LogP contribution in [-0.4, -0.2) is 20.3 Å². The van der Waals surface area contributed by atoms with Gasteiger partial charge in [-0.05, 0) is 13.0 Å². The molecule has 5 nitrogen and oxygen atoms in total. The summed E-state index contributed by atoms with van der Waals surface area (Å²) in [6, 6.07) is 9.80. The molecule has 2 aromatic heterocycles. The lowest BCUT2D eigenvalue weighted by Gasteiger charge is -1.98. The first-order chi connectivity index (χ1) is 9.72. The number of nitrogens with zero attached hydrogens (tertiary/aromatic N) is 3. The van der Waals surface area contributed by atoms with Gasteiger partial charge in [0.05, 0.1) is 11.4 Å². The van der Waals surface area contributed by atoms with Crippen LogP contribution in [0, 0.1) is 6.92 Å². The van der Waals surface area contributed by atoms with Gasteiger partial charge < -0.3 is 4.52 Å². The van der Waals surface area contributed by atoms with Crippen molar-refractivity contribution in [3.05, 3.63) is 46.3 Å². The molecule has 1 aromatic carbocycles. The van der Waals surface area contributed by atoms with Crippen molar-refractivity contribution in [1.29, 1.82) is 0 Å². The summed E-state index contributed by atoms with van der Waals surface area (Å²) in [5.74, 6) is 2.22. The van der Waals surface area contributed by atoms with Gasteiger partial charge in [-0.25, -0.2) is 4.98 Å². The monoisotopic (exact) mass is 350 g/mol. The van der Waals surface area contributed by atoms with Gasteiger partial charge in [0.25, 0.3) is 0 Å². The van der Waals surface area contributed by atoms with E-state index < -0.39 is 0 Å². The molecule has 0 saturated carbocycles. The number of benzene rings is 1. The van der Waals surface area contributed by atoms with Crippen LogP contribution in [-0.2, 0) is 5.75 Å². The standard InChI is InChI=1S/C13H11BrN4OS/c1-8-6-9(19-18-8)7-20-13-15-12(16-17-13)10-4-2-3-5-11(10)14/h2-6H,7H2,1H3,(H,15,16,17). The lowest BCUT2D eigenvalue weighted by molar-refractivity contribution is 0.391. The number of hydrogen-bond acceptors (Lipinski definition) is 5. The molecule has 0 unspecified atom stereocenters. The van der Waals surface area contributed by atoms with Crippen molar-refractivity contribution in [1.82, 2.24) is 20.3 Å². The van der Waals surface area contributed by atoms with E-state index in [1.807, 2.05) is 37.3 Å². The maximum atomic E-state index is 5.15. The Balaban J connectivity index is 1.72. The Morgan fingerprint density at radius 3 is 2.95 bits per heavy atom. The number of hydrogen-bond donors (Lipinski definition) is 1. The van der Waals surface area contributed by atoms with Gasteiger partial charge in [0.2, 0.25) is 5.16 Å². The number of aromatic amines is 1. The van der Waals surface area contributed by atoms with Crippen LogP contribution in [0.3, 0.4) is 0 Å². The summed E-state index contributed by atoms with van der Waals surface area (Å²) in [5.41, 5.74) is 1.87. The highest BCUT2D eigenvalue weighted by Crippen LogP contribution is 2.27. The predicted octanol–water partition coefficient (Wildman–Crippen LogP) is 3.82. The van der Waals surface area contributed by atoms with E-state index in [1.165, 1.54) is 11.8 Å². The van der Waals surface area contributed by atoms with Gasteiger partial charge in [0, 0.05) is 16.1 Å². The largest absolute Gasteiger partial charge is 0.360 e. The Labute approximate surface area is 128 Å². The van der Waals surface area contributed by atoms with Gasteiger partial charge in [-0.3, -0.25) is 5.10 Å². The zero-order chi connectivity index (χ0) is 13.9. The predicted molar refractivity (Wildman–Crippen MR) is 80.3 cm³/mol. The highest BCUT2D eigenvalue weighted by molar-refractivity contribution is 9.10. The van der Waals surface area contributed by atoms with E-state index in [4.69, 9.17) is 4.52 Å². The number of aryl methyl sites for hydroxylation is 1. The van der Waals surface area contributed by atoms with Crippen molar-refractivity contribution in [3.63, 3.8) is 0 Å². The van der Waals surface area contributed by atoms with E-state index in [-0.39, 0.29) is 0 Å². The number of rotatable bonds is 4. The number of aromatic nitrogens is 4. The van der Waals surface area contributed by atoms with Crippen LogP contribution >= 0.6 is 27.7 Å². The van der Waals surface area contributed by atoms with Crippen LogP contribution < -0.4 is 0 Å².